The Labute approximate surface area is 106 Å². The zero-order valence-electron chi connectivity index (χ0n) is 11.0. The van der Waals surface area contributed by atoms with E-state index in [1.807, 2.05) is 0 Å². The van der Waals surface area contributed by atoms with Crippen LogP contribution in [0, 0.1) is 11.8 Å². The Hall–Kier alpha value is -0.820. The first-order valence-electron chi connectivity index (χ1n) is 7.13. The molecule has 0 radical (unpaired) electrons. The molecule has 2 atom stereocenters. The van der Waals surface area contributed by atoms with Crippen LogP contribution in [0.2, 0.25) is 0 Å². The van der Waals surface area contributed by atoms with E-state index in [9.17, 15) is 0 Å². The average Bonchev–Trinajstić information content (AvgIpc) is 2.40. The van der Waals surface area contributed by atoms with Gasteiger partial charge >= 0.3 is 0 Å². The van der Waals surface area contributed by atoms with Crippen LogP contribution in [0.4, 0.5) is 0 Å². The molecule has 1 heteroatoms. The second-order valence-corrected chi connectivity index (χ2v) is 5.42. The van der Waals surface area contributed by atoms with Gasteiger partial charge in [-0.05, 0) is 36.8 Å². The van der Waals surface area contributed by atoms with E-state index in [1.54, 1.807) is 0 Å². The Morgan fingerprint density at radius 1 is 1.12 bits per heavy atom. The van der Waals surface area contributed by atoms with Crippen LogP contribution in [0.3, 0.4) is 0 Å². The van der Waals surface area contributed by atoms with Crippen molar-refractivity contribution in [3.8, 4) is 0 Å². The predicted octanol–water partition coefficient (Wildman–Crippen LogP) is 3.99. The Bertz CT molecular complexity index is 307. The fraction of sp³-hybridized carbons (Fsp3) is 0.625. The zero-order valence-corrected chi connectivity index (χ0v) is 11.0. The van der Waals surface area contributed by atoms with E-state index in [1.165, 1.54) is 44.2 Å². The lowest BCUT2D eigenvalue weighted by Crippen LogP contribution is -2.26. The van der Waals surface area contributed by atoms with Crippen molar-refractivity contribution in [1.29, 1.82) is 0 Å². The third-order valence-electron chi connectivity index (χ3n) is 4.07. The van der Waals surface area contributed by atoms with Gasteiger partial charge in [0.1, 0.15) is 0 Å². The summed E-state index contributed by atoms with van der Waals surface area (Å²) in [6, 6.07) is 10.7. The Kier molecular flexibility index (Phi) is 5.06. The molecule has 0 saturated heterocycles. The summed E-state index contributed by atoms with van der Waals surface area (Å²) in [5, 5.41) is 3.62. The van der Waals surface area contributed by atoms with Crippen molar-refractivity contribution in [2.24, 2.45) is 11.8 Å². The molecule has 2 rings (SSSR count). The van der Waals surface area contributed by atoms with E-state index in [-0.39, 0.29) is 0 Å². The van der Waals surface area contributed by atoms with Crippen molar-refractivity contribution in [3.05, 3.63) is 35.9 Å². The fourth-order valence-electron chi connectivity index (χ4n) is 2.97. The van der Waals surface area contributed by atoms with Crippen molar-refractivity contribution in [1.82, 2.24) is 5.32 Å². The minimum atomic E-state index is 0.914. The molecule has 0 aromatic heterocycles. The molecule has 94 valence electrons. The molecule has 1 aromatic rings. The van der Waals surface area contributed by atoms with Gasteiger partial charge in [-0.1, -0.05) is 56.5 Å². The lowest BCUT2D eigenvalue weighted by molar-refractivity contribution is 0.254. The largest absolute Gasteiger partial charge is 0.312 e. The lowest BCUT2D eigenvalue weighted by atomic mass is 9.80. The highest BCUT2D eigenvalue weighted by atomic mass is 14.9. The molecule has 0 heterocycles. The van der Waals surface area contributed by atoms with Gasteiger partial charge in [-0.3, -0.25) is 0 Å². The second-order valence-electron chi connectivity index (χ2n) is 5.42. The van der Waals surface area contributed by atoms with Gasteiger partial charge in [0.05, 0.1) is 0 Å². The number of hydrogen-bond donors (Lipinski definition) is 1. The molecule has 1 fully saturated rings. The topological polar surface area (TPSA) is 12.0 Å². The van der Waals surface area contributed by atoms with Crippen LogP contribution in [-0.4, -0.2) is 6.54 Å². The van der Waals surface area contributed by atoms with Crippen molar-refractivity contribution >= 4 is 0 Å². The molecule has 1 N–H and O–H groups in total. The lowest BCUT2D eigenvalue weighted by Gasteiger charge is -2.28. The summed E-state index contributed by atoms with van der Waals surface area (Å²) in [4.78, 5) is 0. The van der Waals surface area contributed by atoms with Crippen LogP contribution >= 0.6 is 0 Å². The molecule has 0 bridgehead atoms. The van der Waals surface area contributed by atoms with Gasteiger partial charge in [0.25, 0.3) is 0 Å². The SMILES string of the molecule is CCC1CCCC(CNCc2ccccc2)C1. The van der Waals surface area contributed by atoms with E-state index in [4.69, 9.17) is 0 Å². The smallest absolute Gasteiger partial charge is 0.0205 e. The average molecular weight is 231 g/mol. The number of benzene rings is 1. The monoisotopic (exact) mass is 231 g/mol. The summed E-state index contributed by atoms with van der Waals surface area (Å²) < 4.78 is 0. The molecule has 0 amide bonds. The van der Waals surface area contributed by atoms with Gasteiger partial charge in [-0.15, -0.1) is 0 Å². The summed E-state index contributed by atoms with van der Waals surface area (Å²) >= 11 is 0. The number of nitrogens with one attached hydrogen (secondary N) is 1. The molecular weight excluding hydrogens is 206 g/mol. The molecule has 1 aliphatic rings. The quantitative estimate of drug-likeness (QED) is 0.808. The second kappa shape index (κ2) is 6.80. The Balaban J connectivity index is 1.68. The van der Waals surface area contributed by atoms with Gasteiger partial charge in [0, 0.05) is 6.54 Å². The van der Waals surface area contributed by atoms with Gasteiger partial charge in [0.15, 0.2) is 0 Å². The highest BCUT2D eigenvalue weighted by molar-refractivity contribution is 5.14. The number of rotatable bonds is 5. The standard InChI is InChI=1S/C16H25N/c1-2-14-9-6-10-16(11-14)13-17-12-15-7-4-3-5-8-15/h3-5,7-8,14,16-17H,2,6,9-13H2,1H3. The molecule has 1 aliphatic carbocycles. The van der Waals surface area contributed by atoms with Crippen molar-refractivity contribution < 1.29 is 0 Å². The van der Waals surface area contributed by atoms with Crippen LogP contribution in [0.1, 0.15) is 44.6 Å². The predicted molar refractivity (Wildman–Crippen MR) is 73.9 cm³/mol. The van der Waals surface area contributed by atoms with Crippen molar-refractivity contribution in [3.63, 3.8) is 0 Å². The summed E-state index contributed by atoms with van der Waals surface area (Å²) in [5.74, 6) is 1.91. The van der Waals surface area contributed by atoms with Gasteiger partial charge < -0.3 is 5.32 Å². The first-order valence-corrected chi connectivity index (χ1v) is 7.13. The van der Waals surface area contributed by atoms with E-state index < -0.39 is 0 Å². The summed E-state index contributed by atoms with van der Waals surface area (Å²) in [6.07, 6.45) is 7.15. The van der Waals surface area contributed by atoms with E-state index in [0.717, 1.165) is 18.4 Å². The molecule has 1 aromatic carbocycles. The maximum absolute atomic E-state index is 3.62. The van der Waals surface area contributed by atoms with E-state index in [0.29, 0.717) is 0 Å². The van der Waals surface area contributed by atoms with E-state index in [2.05, 4.69) is 42.6 Å². The highest BCUT2D eigenvalue weighted by Crippen LogP contribution is 2.30. The maximum atomic E-state index is 3.62. The van der Waals surface area contributed by atoms with Crippen LogP contribution in [0.5, 0.6) is 0 Å². The maximum Gasteiger partial charge on any atom is 0.0205 e. The summed E-state index contributed by atoms with van der Waals surface area (Å²) in [5.41, 5.74) is 1.40. The number of hydrogen-bond acceptors (Lipinski definition) is 1. The molecule has 1 saturated carbocycles. The third-order valence-corrected chi connectivity index (χ3v) is 4.07. The molecular formula is C16H25N. The van der Waals surface area contributed by atoms with Crippen LogP contribution < -0.4 is 5.32 Å². The van der Waals surface area contributed by atoms with Gasteiger partial charge in [-0.25, -0.2) is 0 Å². The zero-order chi connectivity index (χ0) is 11.9. The van der Waals surface area contributed by atoms with Gasteiger partial charge in [-0.2, -0.15) is 0 Å². The van der Waals surface area contributed by atoms with Crippen molar-refractivity contribution in [2.75, 3.05) is 6.54 Å². The highest BCUT2D eigenvalue weighted by Gasteiger charge is 2.19. The van der Waals surface area contributed by atoms with Gasteiger partial charge in [0.2, 0.25) is 0 Å². The van der Waals surface area contributed by atoms with Crippen LogP contribution in [-0.2, 0) is 6.54 Å². The molecule has 0 spiro atoms. The normalized spacial score (nSPS) is 24.8. The third kappa shape index (κ3) is 4.16. The molecule has 17 heavy (non-hydrogen) atoms. The van der Waals surface area contributed by atoms with Crippen LogP contribution in [0.15, 0.2) is 30.3 Å². The van der Waals surface area contributed by atoms with E-state index >= 15 is 0 Å². The molecule has 1 nitrogen and oxygen atoms in total. The molecule has 0 aliphatic heterocycles. The minimum absolute atomic E-state index is 0.914. The Morgan fingerprint density at radius 2 is 1.88 bits per heavy atom. The van der Waals surface area contributed by atoms with Crippen molar-refractivity contribution in [2.45, 2.75) is 45.6 Å². The first kappa shape index (κ1) is 12.6. The summed E-state index contributed by atoms with van der Waals surface area (Å²) in [7, 11) is 0. The summed E-state index contributed by atoms with van der Waals surface area (Å²) in [6.45, 7) is 4.56. The minimum Gasteiger partial charge on any atom is -0.312 e. The fourth-order valence-corrected chi connectivity index (χ4v) is 2.97. The first-order chi connectivity index (χ1) is 8.38. The molecule has 2 unspecified atom stereocenters. The Morgan fingerprint density at radius 3 is 2.65 bits per heavy atom. The van der Waals surface area contributed by atoms with Crippen LogP contribution in [0.25, 0.3) is 0 Å².